The summed E-state index contributed by atoms with van der Waals surface area (Å²) in [6.45, 7) is 3.49. The lowest BCUT2D eigenvalue weighted by Crippen LogP contribution is -2.31. The fourth-order valence-electron chi connectivity index (χ4n) is 2.30. The maximum absolute atomic E-state index is 12.6. The van der Waals surface area contributed by atoms with Gasteiger partial charge in [-0.3, -0.25) is 4.79 Å². The predicted octanol–water partition coefficient (Wildman–Crippen LogP) is 3.35. The van der Waals surface area contributed by atoms with Gasteiger partial charge in [0.25, 0.3) is 5.91 Å². The predicted molar refractivity (Wildman–Crippen MR) is 85.6 cm³/mol. The second-order valence-corrected chi connectivity index (χ2v) is 5.23. The number of hydrogen-bond acceptors (Lipinski definition) is 4. The first-order chi connectivity index (χ1) is 11.2. The van der Waals surface area contributed by atoms with Gasteiger partial charge < -0.3 is 14.1 Å². The molecule has 5 nitrogen and oxygen atoms in total. The summed E-state index contributed by atoms with van der Waals surface area (Å²) in [6.07, 6.45) is 0.855. The lowest BCUT2D eigenvalue weighted by atomic mass is 10.1. The molecule has 0 aliphatic carbocycles. The van der Waals surface area contributed by atoms with Crippen molar-refractivity contribution in [1.29, 1.82) is 5.26 Å². The Morgan fingerprint density at radius 2 is 2.00 bits per heavy atom. The van der Waals surface area contributed by atoms with Gasteiger partial charge in [0.15, 0.2) is 5.76 Å². The topological polar surface area (TPSA) is 66.5 Å². The molecule has 0 aliphatic rings. The zero-order chi connectivity index (χ0) is 16.7. The first-order valence-corrected chi connectivity index (χ1v) is 7.54. The molecule has 0 fully saturated rings. The Morgan fingerprint density at radius 3 is 2.61 bits per heavy atom. The van der Waals surface area contributed by atoms with Gasteiger partial charge in [-0.2, -0.15) is 5.26 Å². The van der Waals surface area contributed by atoms with Crippen LogP contribution in [0.1, 0.15) is 40.8 Å². The number of rotatable bonds is 7. The van der Waals surface area contributed by atoms with E-state index in [-0.39, 0.29) is 5.91 Å². The van der Waals surface area contributed by atoms with Crippen LogP contribution >= 0.6 is 0 Å². The third kappa shape index (κ3) is 4.44. The molecule has 2 rings (SSSR count). The van der Waals surface area contributed by atoms with E-state index in [2.05, 4.69) is 6.07 Å². The fourth-order valence-corrected chi connectivity index (χ4v) is 2.30. The molecule has 0 saturated heterocycles. The first-order valence-electron chi connectivity index (χ1n) is 7.54. The second kappa shape index (κ2) is 8.16. The van der Waals surface area contributed by atoms with Crippen LogP contribution in [-0.4, -0.2) is 24.5 Å². The number of hydrogen-bond donors (Lipinski definition) is 0. The van der Waals surface area contributed by atoms with Crippen LogP contribution in [0.4, 0.5) is 0 Å². The Morgan fingerprint density at radius 1 is 1.26 bits per heavy atom. The largest absolute Gasteiger partial charge is 0.453 e. The number of furan rings is 1. The molecule has 0 saturated carbocycles. The van der Waals surface area contributed by atoms with Crippen molar-refractivity contribution < 1.29 is 13.9 Å². The summed E-state index contributed by atoms with van der Waals surface area (Å²) < 4.78 is 10.5. The highest BCUT2D eigenvalue weighted by Gasteiger charge is 2.19. The van der Waals surface area contributed by atoms with E-state index in [1.807, 2.05) is 19.1 Å². The van der Waals surface area contributed by atoms with E-state index >= 15 is 0 Å². The van der Waals surface area contributed by atoms with Crippen LogP contribution in [0.5, 0.6) is 0 Å². The van der Waals surface area contributed by atoms with E-state index in [0.717, 1.165) is 12.0 Å². The summed E-state index contributed by atoms with van der Waals surface area (Å²) in [7, 11) is 1.58. The number of carbonyl (C=O) groups excluding carboxylic acids is 1. The van der Waals surface area contributed by atoms with Crippen molar-refractivity contribution in [2.24, 2.45) is 0 Å². The average Bonchev–Trinajstić information content (AvgIpc) is 3.03. The van der Waals surface area contributed by atoms with Crippen molar-refractivity contribution in [1.82, 2.24) is 4.90 Å². The minimum Gasteiger partial charge on any atom is -0.453 e. The molecule has 23 heavy (non-hydrogen) atoms. The van der Waals surface area contributed by atoms with Gasteiger partial charge in [-0.15, -0.1) is 0 Å². The van der Waals surface area contributed by atoms with Gasteiger partial charge in [-0.25, -0.2) is 0 Å². The smallest absolute Gasteiger partial charge is 0.289 e. The molecular formula is C18H20N2O3. The third-order valence-electron chi connectivity index (χ3n) is 3.40. The molecule has 1 heterocycles. The van der Waals surface area contributed by atoms with Crippen LogP contribution in [0.25, 0.3) is 0 Å². The van der Waals surface area contributed by atoms with E-state index in [4.69, 9.17) is 14.4 Å². The Kier molecular flexibility index (Phi) is 5.95. The highest BCUT2D eigenvalue weighted by atomic mass is 16.5. The molecular weight excluding hydrogens is 292 g/mol. The van der Waals surface area contributed by atoms with E-state index in [1.54, 1.807) is 36.3 Å². The van der Waals surface area contributed by atoms with Crippen molar-refractivity contribution in [3.8, 4) is 6.07 Å². The van der Waals surface area contributed by atoms with Gasteiger partial charge in [-0.05, 0) is 36.2 Å². The summed E-state index contributed by atoms with van der Waals surface area (Å²) in [4.78, 5) is 14.4. The zero-order valence-electron chi connectivity index (χ0n) is 13.4. The number of benzene rings is 1. The summed E-state index contributed by atoms with van der Waals surface area (Å²) in [5.41, 5.74) is 1.59. The van der Waals surface area contributed by atoms with Gasteiger partial charge in [0.05, 0.1) is 11.6 Å². The Labute approximate surface area is 136 Å². The SMILES string of the molecule is CCCN(Cc1ccc(C#N)cc1)C(=O)c1ccc(COC)o1. The standard InChI is InChI=1S/C18H20N2O3/c1-3-10-20(12-15-6-4-14(11-19)5-7-15)18(21)17-9-8-16(23-17)13-22-2/h4-9H,3,10,12-13H2,1-2H3. The van der Waals surface area contributed by atoms with Crippen LogP contribution in [0.15, 0.2) is 40.8 Å². The number of nitriles is 1. The third-order valence-corrected chi connectivity index (χ3v) is 3.40. The Balaban J connectivity index is 2.12. The van der Waals surface area contributed by atoms with Gasteiger partial charge in [0, 0.05) is 20.2 Å². The molecule has 0 aliphatic heterocycles. The van der Waals surface area contributed by atoms with Gasteiger partial charge >= 0.3 is 0 Å². The van der Waals surface area contributed by atoms with Crippen LogP contribution < -0.4 is 0 Å². The minimum absolute atomic E-state index is 0.140. The van der Waals surface area contributed by atoms with Crippen LogP contribution in [0.3, 0.4) is 0 Å². The minimum atomic E-state index is -0.140. The normalized spacial score (nSPS) is 10.3. The molecule has 1 aromatic heterocycles. The summed E-state index contributed by atoms with van der Waals surface area (Å²) in [5.74, 6) is 0.809. The molecule has 1 amide bonds. The Bertz CT molecular complexity index is 683. The van der Waals surface area contributed by atoms with Crippen molar-refractivity contribution in [2.75, 3.05) is 13.7 Å². The average molecular weight is 312 g/mol. The van der Waals surface area contributed by atoms with Crippen molar-refractivity contribution in [3.05, 3.63) is 59.0 Å². The highest BCUT2D eigenvalue weighted by Crippen LogP contribution is 2.15. The summed E-state index contributed by atoms with van der Waals surface area (Å²) in [6, 6.07) is 12.8. The fraction of sp³-hybridized carbons (Fsp3) is 0.333. The van der Waals surface area contributed by atoms with E-state index in [9.17, 15) is 4.79 Å². The lowest BCUT2D eigenvalue weighted by molar-refractivity contribution is 0.0703. The quantitative estimate of drug-likeness (QED) is 0.786. The van der Waals surface area contributed by atoms with Gasteiger partial charge in [0.2, 0.25) is 0 Å². The molecule has 0 bridgehead atoms. The molecule has 1 aromatic carbocycles. The van der Waals surface area contributed by atoms with Gasteiger partial charge in [-0.1, -0.05) is 19.1 Å². The Hall–Kier alpha value is -2.58. The highest BCUT2D eigenvalue weighted by molar-refractivity contribution is 5.91. The number of carbonyl (C=O) groups is 1. The summed E-state index contributed by atoms with van der Waals surface area (Å²) >= 11 is 0. The maximum Gasteiger partial charge on any atom is 0.289 e. The number of ether oxygens (including phenoxy) is 1. The molecule has 0 N–H and O–H groups in total. The molecule has 120 valence electrons. The van der Waals surface area contributed by atoms with Crippen molar-refractivity contribution in [2.45, 2.75) is 26.5 Å². The lowest BCUT2D eigenvalue weighted by Gasteiger charge is -2.21. The molecule has 2 aromatic rings. The van der Waals surface area contributed by atoms with Gasteiger partial charge in [0.1, 0.15) is 12.4 Å². The van der Waals surface area contributed by atoms with Crippen LogP contribution in [-0.2, 0) is 17.9 Å². The second-order valence-electron chi connectivity index (χ2n) is 5.23. The van der Waals surface area contributed by atoms with Crippen LogP contribution in [0.2, 0.25) is 0 Å². The number of amides is 1. The molecule has 0 unspecified atom stereocenters. The summed E-state index contributed by atoms with van der Waals surface area (Å²) in [5, 5.41) is 8.84. The molecule has 0 spiro atoms. The van der Waals surface area contributed by atoms with E-state index in [0.29, 0.717) is 36.8 Å². The number of methoxy groups -OCH3 is 1. The zero-order valence-corrected chi connectivity index (χ0v) is 13.4. The molecule has 5 heteroatoms. The molecule has 0 atom stereocenters. The first kappa shape index (κ1) is 16.8. The van der Waals surface area contributed by atoms with E-state index in [1.165, 1.54) is 0 Å². The van der Waals surface area contributed by atoms with Crippen molar-refractivity contribution in [3.63, 3.8) is 0 Å². The van der Waals surface area contributed by atoms with Crippen LogP contribution in [0, 0.1) is 11.3 Å². The van der Waals surface area contributed by atoms with E-state index < -0.39 is 0 Å². The maximum atomic E-state index is 12.6. The monoisotopic (exact) mass is 312 g/mol. The molecule has 0 radical (unpaired) electrons. The number of nitrogens with zero attached hydrogens (tertiary/aromatic N) is 2. The van der Waals surface area contributed by atoms with Crippen molar-refractivity contribution >= 4 is 5.91 Å².